The number of likely N-dealkylation sites (tertiary alicyclic amines) is 1. The summed E-state index contributed by atoms with van der Waals surface area (Å²) in [5, 5.41) is -0.395. The second-order valence-corrected chi connectivity index (χ2v) is 9.07. The van der Waals surface area contributed by atoms with Gasteiger partial charge in [0.2, 0.25) is 5.91 Å². The molecule has 1 aromatic heterocycles. The van der Waals surface area contributed by atoms with E-state index in [-0.39, 0.29) is 12.5 Å². The number of nitrogens with zero attached hydrogens (tertiary/aromatic N) is 3. The number of thioether (sulfide) groups is 1. The molecule has 3 heterocycles. The Morgan fingerprint density at radius 1 is 1.12 bits per heavy atom. The van der Waals surface area contributed by atoms with Crippen LogP contribution in [0.25, 0.3) is 11.8 Å². The predicted molar refractivity (Wildman–Crippen MR) is 125 cm³/mol. The van der Waals surface area contributed by atoms with Gasteiger partial charge in [0.25, 0.3) is 11.1 Å². The van der Waals surface area contributed by atoms with Gasteiger partial charge in [0.15, 0.2) is 0 Å². The van der Waals surface area contributed by atoms with E-state index < -0.39 is 11.1 Å². The molecule has 0 spiro atoms. The maximum absolute atomic E-state index is 12.9. The summed E-state index contributed by atoms with van der Waals surface area (Å²) in [6, 6.07) is 9.75. The molecule has 7 nitrogen and oxygen atoms in total. The van der Waals surface area contributed by atoms with E-state index in [1.165, 1.54) is 0 Å². The molecule has 2 aliphatic rings. The van der Waals surface area contributed by atoms with Crippen LogP contribution in [0.1, 0.15) is 36.2 Å². The summed E-state index contributed by atoms with van der Waals surface area (Å²) in [6.07, 6.45) is 4.80. The number of amides is 3. The lowest BCUT2D eigenvalue weighted by molar-refractivity contribution is -0.136. The molecule has 0 unspecified atom stereocenters. The fourth-order valence-electron chi connectivity index (χ4n) is 4.24. The van der Waals surface area contributed by atoms with Crippen molar-refractivity contribution in [3.8, 4) is 11.4 Å². The van der Waals surface area contributed by atoms with Crippen LogP contribution in [0.15, 0.2) is 35.2 Å². The Morgan fingerprint density at radius 3 is 2.59 bits per heavy atom. The van der Waals surface area contributed by atoms with Crippen LogP contribution in [0.5, 0.6) is 5.75 Å². The van der Waals surface area contributed by atoms with E-state index in [1.54, 1.807) is 18.1 Å². The van der Waals surface area contributed by atoms with Crippen molar-refractivity contribution < 1.29 is 19.1 Å². The summed E-state index contributed by atoms with van der Waals surface area (Å²) in [6.45, 7) is 5.17. The Labute approximate surface area is 192 Å². The SMILES string of the molecule is COc1cccc(-n2c(C)cc(C=C3SC(=O)N(CC(=O)N4CCCCC4)C3=O)c2C)c1. The summed E-state index contributed by atoms with van der Waals surface area (Å²) in [7, 11) is 1.63. The molecule has 2 fully saturated rings. The number of rotatable bonds is 5. The van der Waals surface area contributed by atoms with Crippen LogP contribution in [0, 0.1) is 13.8 Å². The predicted octanol–water partition coefficient (Wildman–Crippen LogP) is 4.15. The van der Waals surface area contributed by atoms with Crippen molar-refractivity contribution in [3.63, 3.8) is 0 Å². The van der Waals surface area contributed by atoms with Crippen molar-refractivity contribution in [3.05, 3.63) is 52.2 Å². The number of hydrogen-bond acceptors (Lipinski definition) is 5. The van der Waals surface area contributed by atoms with Crippen LogP contribution in [0.2, 0.25) is 0 Å². The Kier molecular flexibility index (Phi) is 6.41. The van der Waals surface area contributed by atoms with E-state index in [0.29, 0.717) is 18.0 Å². The lowest BCUT2D eigenvalue weighted by Gasteiger charge is -2.27. The van der Waals surface area contributed by atoms with Gasteiger partial charge in [0, 0.05) is 36.2 Å². The molecule has 32 heavy (non-hydrogen) atoms. The fraction of sp³-hybridized carbons (Fsp3) is 0.375. The molecular weight excluding hydrogens is 426 g/mol. The number of carbonyl (C=O) groups excluding carboxylic acids is 3. The van der Waals surface area contributed by atoms with Crippen LogP contribution in [0.4, 0.5) is 4.79 Å². The first-order valence-electron chi connectivity index (χ1n) is 10.8. The zero-order chi connectivity index (χ0) is 22.8. The summed E-state index contributed by atoms with van der Waals surface area (Å²) in [5.74, 6) is 0.192. The summed E-state index contributed by atoms with van der Waals surface area (Å²) in [5.41, 5.74) is 3.77. The topological polar surface area (TPSA) is 71.8 Å². The largest absolute Gasteiger partial charge is 0.497 e. The van der Waals surface area contributed by atoms with Gasteiger partial charge >= 0.3 is 0 Å². The first-order valence-corrected chi connectivity index (χ1v) is 11.6. The van der Waals surface area contributed by atoms with E-state index in [9.17, 15) is 14.4 Å². The maximum Gasteiger partial charge on any atom is 0.294 e. The Hall–Kier alpha value is -3.00. The van der Waals surface area contributed by atoms with Crippen molar-refractivity contribution in [2.45, 2.75) is 33.1 Å². The van der Waals surface area contributed by atoms with E-state index in [2.05, 4.69) is 4.57 Å². The second kappa shape index (κ2) is 9.24. The molecule has 3 amide bonds. The highest BCUT2D eigenvalue weighted by molar-refractivity contribution is 8.18. The number of ether oxygens (including phenoxy) is 1. The summed E-state index contributed by atoms with van der Waals surface area (Å²) < 4.78 is 7.42. The van der Waals surface area contributed by atoms with Gasteiger partial charge in [-0.15, -0.1) is 0 Å². The zero-order valence-electron chi connectivity index (χ0n) is 18.6. The fourth-order valence-corrected chi connectivity index (χ4v) is 5.07. The normalized spacial score (nSPS) is 18.0. The van der Waals surface area contributed by atoms with Gasteiger partial charge in [-0.05, 0) is 74.7 Å². The van der Waals surface area contributed by atoms with Crippen molar-refractivity contribution in [1.29, 1.82) is 0 Å². The number of aryl methyl sites for hydroxylation is 1. The molecule has 168 valence electrons. The van der Waals surface area contributed by atoms with E-state index >= 15 is 0 Å². The molecule has 4 rings (SSSR count). The molecule has 0 aliphatic carbocycles. The van der Waals surface area contributed by atoms with Gasteiger partial charge in [0.05, 0.1) is 12.0 Å². The van der Waals surface area contributed by atoms with Crippen molar-refractivity contribution in [2.75, 3.05) is 26.7 Å². The highest BCUT2D eigenvalue weighted by atomic mass is 32.2. The molecule has 0 atom stereocenters. The molecule has 0 saturated carbocycles. The van der Waals surface area contributed by atoms with Crippen molar-refractivity contribution >= 4 is 34.9 Å². The third kappa shape index (κ3) is 4.32. The molecule has 0 bridgehead atoms. The third-order valence-electron chi connectivity index (χ3n) is 5.94. The second-order valence-electron chi connectivity index (χ2n) is 8.07. The molecule has 0 N–H and O–H groups in total. The highest BCUT2D eigenvalue weighted by Crippen LogP contribution is 2.34. The molecule has 2 aliphatic heterocycles. The van der Waals surface area contributed by atoms with Gasteiger partial charge in [0.1, 0.15) is 12.3 Å². The number of methoxy groups -OCH3 is 1. The van der Waals surface area contributed by atoms with E-state index in [1.807, 2.05) is 44.2 Å². The molecule has 2 saturated heterocycles. The van der Waals surface area contributed by atoms with Crippen LogP contribution in [-0.4, -0.2) is 58.2 Å². The zero-order valence-corrected chi connectivity index (χ0v) is 19.4. The Bertz CT molecular complexity index is 1100. The minimum atomic E-state index is -0.406. The van der Waals surface area contributed by atoms with Gasteiger partial charge in [-0.1, -0.05) is 6.07 Å². The average molecular weight is 454 g/mol. The monoisotopic (exact) mass is 453 g/mol. The molecule has 0 radical (unpaired) electrons. The lowest BCUT2D eigenvalue weighted by Crippen LogP contribution is -2.44. The molecule has 2 aromatic rings. The molecular formula is C24H27N3O4S. The maximum atomic E-state index is 12.9. The van der Waals surface area contributed by atoms with E-state index in [0.717, 1.165) is 64.3 Å². The molecule has 1 aromatic carbocycles. The third-order valence-corrected chi connectivity index (χ3v) is 6.85. The first-order chi connectivity index (χ1) is 15.4. The van der Waals surface area contributed by atoms with Crippen LogP contribution >= 0.6 is 11.8 Å². The Balaban J connectivity index is 1.56. The lowest BCUT2D eigenvalue weighted by atomic mass is 10.1. The number of aromatic nitrogens is 1. The van der Waals surface area contributed by atoms with Crippen LogP contribution in [-0.2, 0) is 9.59 Å². The highest BCUT2D eigenvalue weighted by Gasteiger charge is 2.37. The van der Waals surface area contributed by atoms with Gasteiger partial charge in [-0.2, -0.15) is 0 Å². The van der Waals surface area contributed by atoms with Gasteiger partial charge < -0.3 is 14.2 Å². The quantitative estimate of drug-likeness (QED) is 0.636. The first kappa shape index (κ1) is 22.2. The van der Waals surface area contributed by atoms with Gasteiger partial charge in [-0.3, -0.25) is 19.3 Å². The van der Waals surface area contributed by atoms with Crippen LogP contribution in [0.3, 0.4) is 0 Å². The standard InChI is InChI=1S/C24H27N3O4S/c1-16-12-18(17(2)27(16)19-8-7-9-20(14-19)31-3)13-21-23(29)26(24(30)32-21)15-22(28)25-10-5-4-6-11-25/h7-9,12-14H,4-6,10-11,15H2,1-3H3. The van der Waals surface area contributed by atoms with Crippen molar-refractivity contribution in [1.82, 2.24) is 14.4 Å². The number of benzene rings is 1. The average Bonchev–Trinajstić information content (AvgIpc) is 3.23. The van der Waals surface area contributed by atoms with Gasteiger partial charge in [-0.25, -0.2) is 0 Å². The number of carbonyl (C=O) groups is 3. The summed E-state index contributed by atoms with van der Waals surface area (Å²) >= 11 is 0.890. The number of hydrogen-bond donors (Lipinski definition) is 0. The smallest absolute Gasteiger partial charge is 0.294 e. The van der Waals surface area contributed by atoms with Crippen LogP contribution < -0.4 is 4.74 Å². The Morgan fingerprint density at radius 2 is 1.88 bits per heavy atom. The molecule has 8 heteroatoms. The summed E-state index contributed by atoms with van der Waals surface area (Å²) in [4.78, 5) is 41.1. The van der Waals surface area contributed by atoms with Crippen molar-refractivity contribution in [2.24, 2.45) is 0 Å². The minimum Gasteiger partial charge on any atom is -0.497 e. The number of piperidine rings is 1. The minimum absolute atomic E-state index is 0.163. The number of imide groups is 1. The van der Waals surface area contributed by atoms with E-state index in [4.69, 9.17) is 4.74 Å².